The maximum atomic E-state index is 13.2. The van der Waals surface area contributed by atoms with Gasteiger partial charge in [-0.25, -0.2) is 9.18 Å². The van der Waals surface area contributed by atoms with Crippen LogP contribution in [-0.2, 0) is 4.79 Å². The van der Waals surface area contributed by atoms with Gasteiger partial charge in [0.15, 0.2) is 0 Å². The third-order valence-corrected chi connectivity index (χ3v) is 3.16. The van der Waals surface area contributed by atoms with Gasteiger partial charge in [0.05, 0.1) is 0 Å². The quantitative estimate of drug-likeness (QED) is 0.837. The Morgan fingerprint density at radius 3 is 2.94 bits per heavy atom. The third-order valence-electron chi connectivity index (χ3n) is 3.16. The highest BCUT2D eigenvalue weighted by Gasteiger charge is 2.20. The van der Waals surface area contributed by atoms with Gasteiger partial charge in [-0.05, 0) is 36.6 Å². The Bertz CT molecular complexity index is 485. The molecule has 3 nitrogen and oxygen atoms in total. The second-order valence-electron chi connectivity index (χ2n) is 4.71. The molecule has 1 heterocycles. The minimum Gasteiger partial charge on any atom is -0.478 e. The van der Waals surface area contributed by atoms with Crippen LogP contribution in [0.5, 0.6) is 0 Å². The Labute approximate surface area is 106 Å². The predicted molar refractivity (Wildman–Crippen MR) is 69.1 cm³/mol. The fourth-order valence-electron chi connectivity index (χ4n) is 2.26. The molecule has 1 aliphatic rings. The largest absolute Gasteiger partial charge is 0.478 e. The molecule has 4 heteroatoms. The lowest BCUT2D eigenvalue weighted by Crippen LogP contribution is -2.20. The molecule has 2 rings (SSSR count). The minimum absolute atomic E-state index is 0.351. The number of anilines is 1. The van der Waals surface area contributed by atoms with Crippen molar-refractivity contribution < 1.29 is 14.3 Å². The first-order chi connectivity index (χ1) is 8.56. The van der Waals surface area contributed by atoms with Crippen molar-refractivity contribution in [1.29, 1.82) is 0 Å². The molecule has 0 aliphatic carbocycles. The predicted octanol–water partition coefficient (Wildman–Crippen LogP) is 2.77. The van der Waals surface area contributed by atoms with Gasteiger partial charge in [0.25, 0.3) is 0 Å². The van der Waals surface area contributed by atoms with Crippen LogP contribution >= 0.6 is 0 Å². The van der Waals surface area contributed by atoms with Crippen molar-refractivity contribution in [2.45, 2.75) is 13.3 Å². The molecule has 1 aromatic rings. The Balaban J connectivity index is 2.31. The van der Waals surface area contributed by atoms with Gasteiger partial charge < -0.3 is 10.0 Å². The van der Waals surface area contributed by atoms with E-state index in [1.165, 1.54) is 18.2 Å². The molecule has 0 amide bonds. The van der Waals surface area contributed by atoms with Crippen molar-refractivity contribution in [3.8, 4) is 0 Å². The number of carbonyl (C=O) groups is 1. The molecular formula is C14H16FNO2. The number of nitrogens with zero attached hydrogens (tertiary/aromatic N) is 1. The SMILES string of the molecule is CC1CCN(c2ccc(F)cc2C=CC(=O)O)C1. The van der Waals surface area contributed by atoms with E-state index in [-0.39, 0.29) is 5.82 Å². The van der Waals surface area contributed by atoms with Crippen molar-refractivity contribution in [1.82, 2.24) is 0 Å². The first-order valence-corrected chi connectivity index (χ1v) is 6.02. The van der Waals surface area contributed by atoms with Crippen LogP contribution in [0.3, 0.4) is 0 Å². The Morgan fingerprint density at radius 2 is 2.33 bits per heavy atom. The second kappa shape index (κ2) is 5.21. The number of hydrogen-bond acceptors (Lipinski definition) is 2. The Kier molecular flexibility index (Phi) is 3.65. The molecular weight excluding hydrogens is 233 g/mol. The van der Waals surface area contributed by atoms with E-state index in [1.54, 1.807) is 6.07 Å². The molecule has 0 saturated carbocycles. The van der Waals surface area contributed by atoms with Crippen LogP contribution in [0.25, 0.3) is 6.08 Å². The van der Waals surface area contributed by atoms with Gasteiger partial charge in [-0.15, -0.1) is 0 Å². The smallest absolute Gasteiger partial charge is 0.328 e. The number of halogens is 1. The van der Waals surface area contributed by atoms with E-state index < -0.39 is 5.97 Å². The average molecular weight is 249 g/mol. The summed E-state index contributed by atoms with van der Waals surface area (Å²) in [6.07, 6.45) is 3.60. The summed E-state index contributed by atoms with van der Waals surface area (Å²) in [6.45, 7) is 4.04. The molecule has 1 aliphatic heterocycles. The first kappa shape index (κ1) is 12.6. The second-order valence-corrected chi connectivity index (χ2v) is 4.71. The van der Waals surface area contributed by atoms with Gasteiger partial charge in [-0.2, -0.15) is 0 Å². The lowest BCUT2D eigenvalue weighted by Gasteiger charge is -2.20. The molecule has 1 aromatic carbocycles. The van der Waals surface area contributed by atoms with E-state index in [4.69, 9.17) is 5.11 Å². The van der Waals surface area contributed by atoms with Gasteiger partial charge in [0.2, 0.25) is 0 Å². The minimum atomic E-state index is -1.03. The zero-order valence-corrected chi connectivity index (χ0v) is 10.3. The molecule has 0 bridgehead atoms. The third kappa shape index (κ3) is 2.88. The lowest BCUT2D eigenvalue weighted by molar-refractivity contribution is -0.131. The summed E-state index contributed by atoms with van der Waals surface area (Å²) >= 11 is 0. The van der Waals surface area contributed by atoms with E-state index in [0.717, 1.165) is 31.3 Å². The van der Waals surface area contributed by atoms with E-state index in [2.05, 4.69) is 11.8 Å². The van der Waals surface area contributed by atoms with Crippen molar-refractivity contribution in [2.75, 3.05) is 18.0 Å². The van der Waals surface area contributed by atoms with Crippen LogP contribution in [0.15, 0.2) is 24.3 Å². The molecule has 1 fully saturated rings. The van der Waals surface area contributed by atoms with Crippen LogP contribution in [0.2, 0.25) is 0 Å². The molecule has 1 unspecified atom stereocenters. The molecule has 18 heavy (non-hydrogen) atoms. The molecule has 0 radical (unpaired) electrons. The van der Waals surface area contributed by atoms with Gasteiger partial charge in [0.1, 0.15) is 5.82 Å². The first-order valence-electron chi connectivity index (χ1n) is 6.02. The van der Waals surface area contributed by atoms with Crippen LogP contribution in [0, 0.1) is 11.7 Å². The number of carboxylic acids is 1. The maximum absolute atomic E-state index is 13.2. The van der Waals surface area contributed by atoms with Gasteiger partial charge in [-0.3, -0.25) is 0 Å². The van der Waals surface area contributed by atoms with Crippen molar-refractivity contribution in [3.63, 3.8) is 0 Å². The number of hydrogen-bond donors (Lipinski definition) is 1. The monoisotopic (exact) mass is 249 g/mol. The fourth-order valence-corrected chi connectivity index (χ4v) is 2.26. The fraction of sp³-hybridized carbons (Fsp3) is 0.357. The summed E-state index contributed by atoms with van der Waals surface area (Å²) in [5, 5.41) is 8.65. The molecule has 0 spiro atoms. The van der Waals surface area contributed by atoms with Crippen LogP contribution < -0.4 is 4.90 Å². The average Bonchev–Trinajstić information content (AvgIpc) is 2.73. The summed E-state index contributed by atoms with van der Waals surface area (Å²) in [5.74, 6) is -0.762. The topological polar surface area (TPSA) is 40.5 Å². The normalized spacial score (nSPS) is 19.7. The number of aliphatic carboxylic acids is 1. The zero-order chi connectivity index (χ0) is 13.1. The summed E-state index contributed by atoms with van der Waals surface area (Å²) < 4.78 is 13.2. The van der Waals surface area contributed by atoms with Crippen molar-refractivity contribution in [2.24, 2.45) is 5.92 Å². The molecule has 96 valence electrons. The highest BCUT2D eigenvalue weighted by atomic mass is 19.1. The summed E-state index contributed by atoms with van der Waals surface area (Å²) in [4.78, 5) is 12.7. The highest BCUT2D eigenvalue weighted by Crippen LogP contribution is 2.28. The van der Waals surface area contributed by atoms with E-state index in [9.17, 15) is 9.18 Å². The molecule has 1 N–H and O–H groups in total. The lowest BCUT2D eigenvalue weighted by atomic mass is 10.1. The highest BCUT2D eigenvalue weighted by molar-refractivity contribution is 5.87. The van der Waals surface area contributed by atoms with Crippen LogP contribution in [-0.4, -0.2) is 24.2 Å². The molecule has 0 aromatic heterocycles. The van der Waals surface area contributed by atoms with Crippen molar-refractivity contribution >= 4 is 17.7 Å². The zero-order valence-electron chi connectivity index (χ0n) is 10.3. The van der Waals surface area contributed by atoms with E-state index in [0.29, 0.717) is 11.5 Å². The maximum Gasteiger partial charge on any atom is 0.328 e. The molecule has 1 atom stereocenters. The summed E-state index contributed by atoms with van der Waals surface area (Å²) in [6, 6.07) is 4.50. The van der Waals surface area contributed by atoms with Gasteiger partial charge in [-0.1, -0.05) is 6.92 Å². The van der Waals surface area contributed by atoms with E-state index in [1.807, 2.05) is 0 Å². The number of rotatable bonds is 3. The summed E-state index contributed by atoms with van der Waals surface area (Å²) in [7, 11) is 0. The molecule has 1 saturated heterocycles. The number of carboxylic acid groups (broad SMARTS) is 1. The standard InChI is InChI=1S/C14H16FNO2/c1-10-6-7-16(9-10)13-4-3-12(15)8-11(13)2-5-14(17)18/h2-5,8,10H,6-7,9H2,1H3,(H,17,18). The van der Waals surface area contributed by atoms with Crippen LogP contribution in [0.1, 0.15) is 18.9 Å². The van der Waals surface area contributed by atoms with Crippen molar-refractivity contribution in [3.05, 3.63) is 35.7 Å². The Morgan fingerprint density at radius 1 is 1.56 bits per heavy atom. The van der Waals surface area contributed by atoms with Crippen LogP contribution in [0.4, 0.5) is 10.1 Å². The Hall–Kier alpha value is -1.84. The summed E-state index contributed by atoms with van der Waals surface area (Å²) in [5.41, 5.74) is 1.52. The van der Waals surface area contributed by atoms with Gasteiger partial charge in [0, 0.05) is 30.4 Å². The van der Waals surface area contributed by atoms with E-state index >= 15 is 0 Å². The van der Waals surface area contributed by atoms with Gasteiger partial charge >= 0.3 is 5.97 Å². The number of benzene rings is 1.